The fourth-order valence-electron chi connectivity index (χ4n) is 0.458. The summed E-state index contributed by atoms with van der Waals surface area (Å²) < 4.78 is 0. The van der Waals surface area contributed by atoms with Crippen molar-refractivity contribution in [2.24, 2.45) is 0 Å². The molecule has 0 aromatic heterocycles. The first-order valence-electron chi connectivity index (χ1n) is 3.14. The van der Waals surface area contributed by atoms with Crippen LogP contribution in [0.1, 0.15) is 6.92 Å². The van der Waals surface area contributed by atoms with E-state index in [-0.39, 0.29) is 0 Å². The predicted octanol–water partition coefficient (Wildman–Crippen LogP) is 2.37. The Morgan fingerprint density at radius 3 is 2.60 bits per heavy atom. The molecular formula is C9H13N. The zero-order chi connectivity index (χ0) is 7.82. The molecule has 0 saturated carbocycles. The summed E-state index contributed by atoms with van der Waals surface area (Å²) in [5.41, 5.74) is 1.14. The lowest BCUT2D eigenvalue weighted by atomic mass is 10.3. The van der Waals surface area contributed by atoms with E-state index in [1.54, 1.807) is 12.3 Å². The van der Waals surface area contributed by atoms with E-state index < -0.39 is 0 Å². The van der Waals surface area contributed by atoms with Crippen LogP contribution in [0.3, 0.4) is 0 Å². The Morgan fingerprint density at radius 1 is 1.40 bits per heavy atom. The minimum atomic E-state index is 1.14. The van der Waals surface area contributed by atoms with Gasteiger partial charge in [-0.1, -0.05) is 31.4 Å². The second-order valence-corrected chi connectivity index (χ2v) is 1.85. The highest BCUT2D eigenvalue weighted by atomic mass is 14.8. The molecule has 54 valence electrons. The van der Waals surface area contributed by atoms with Gasteiger partial charge >= 0.3 is 0 Å². The Hall–Kier alpha value is -1.24. The zero-order valence-corrected chi connectivity index (χ0v) is 6.30. The molecule has 0 rings (SSSR count). The highest BCUT2D eigenvalue weighted by molar-refractivity contribution is 5.18. The van der Waals surface area contributed by atoms with E-state index in [4.69, 9.17) is 0 Å². The maximum absolute atomic E-state index is 3.56. The Morgan fingerprint density at radius 2 is 2.10 bits per heavy atom. The Bertz CT molecular complexity index is 164. The van der Waals surface area contributed by atoms with Crippen LogP contribution in [0, 0.1) is 0 Å². The van der Waals surface area contributed by atoms with E-state index in [2.05, 4.69) is 18.5 Å². The molecule has 0 radical (unpaired) electrons. The van der Waals surface area contributed by atoms with Crippen LogP contribution < -0.4 is 5.32 Å². The standard InChI is InChI=1S/C9H13N/c1-4-6-7-9(3)8-10-5-2/h4-8,10H,1-2H2,3H3/b7-6-,9-8-. The summed E-state index contributed by atoms with van der Waals surface area (Å²) in [6.07, 6.45) is 9.09. The van der Waals surface area contributed by atoms with Gasteiger partial charge in [0.2, 0.25) is 0 Å². The van der Waals surface area contributed by atoms with E-state index in [1.165, 1.54) is 0 Å². The van der Waals surface area contributed by atoms with Crippen LogP contribution in [0.25, 0.3) is 0 Å². The third-order valence-electron chi connectivity index (χ3n) is 0.924. The van der Waals surface area contributed by atoms with Crippen LogP contribution >= 0.6 is 0 Å². The van der Waals surface area contributed by atoms with Crippen LogP contribution in [-0.2, 0) is 0 Å². The first kappa shape index (κ1) is 8.76. The molecule has 0 amide bonds. The number of allylic oxidation sites excluding steroid dienone is 4. The number of rotatable bonds is 4. The molecular weight excluding hydrogens is 122 g/mol. The molecule has 0 aliphatic heterocycles. The van der Waals surface area contributed by atoms with Crippen molar-refractivity contribution in [3.63, 3.8) is 0 Å². The van der Waals surface area contributed by atoms with Gasteiger partial charge in [-0.15, -0.1) is 0 Å². The second-order valence-electron chi connectivity index (χ2n) is 1.85. The molecule has 0 aliphatic carbocycles. The van der Waals surface area contributed by atoms with E-state index >= 15 is 0 Å². The summed E-state index contributed by atoms with van der Waals surface area (Å²) in [4.78, 5) is 0. The summed E-state index contributed by atoms with van der Waals surface area (Å²) >= 11 is 0. The van der Waals surface area contributed by atoms with Crippen molar-refractivity contribution in [3.8, 4) is 0 Å². The van der Waals surface area contributed by atoms with Crippen LogP contribution in [-0.4, -0.2) is 0 Å². The highest BCUT2D eigenvalue weighted by Gasteiger charge is 1.75. The number of hydrogen-bond donors (Lipinski definition) is 1. The molecule has 0 aromatic carbocycles. The minimum Gasteiger partial charge on any atom is -0.368 e. The van der Waals surface area contributed by atoms with Crippen molar-refractivity contribution in [1.29, 1.82) is 0 Å². The van der Waals surface area contributed by atoms with Crippen molar-refractivity contribution >= 4 is 0 Å². The van der Waals surface area contributed by atoms with Crippen LogP contribution in [0.2, 0.25) is 0 Å². The fraction of sp³-hybridized carbons (Fsp3) is 0.111. The molecule has 0 heterocycles. The van der Waals surface area contributed by atoms with Gasteiger partial charge in [-0.05, 0) is 18.7 Å². The maximum atomic E-state index is 3.56. The number of nitrogens with one attached hydrogen (secondary N) is 1. The van der Waals surface area contributed by atoms with Gasteiger partial charge in [0.05, 0.1) is 0 Å². The monoisotopic (exact) mass is 135 g/mol. The van der Waals surface area contributed by atoms with Gasteiger partial charge in [0.1, 0.15) is 0 Å². The topological polar surface area (TPSA) is 12.0 Å². The molecule has 0 aliphatic rings. The summed E-state index contributed by atoms with van der Waals surface area (Å²) in [5, 5.41) is 2.87. The van der Waals surface area contributed by atoms with Crippen molar-refractivity contribution in [1.82, 2.24) is 5.32 Å². The summed E-state index contributed by atoms with van der Waals surface area (Å²) in [7, 11) is 0. The van der Waals surface area contributed by atoms with Crippen molar-refractivity contribution in [2.45, 2.75) is 6.92 Å². The van der Waals surface area contributed by atoms with Gasteiger partial charge in [0, 0.05) is 6.20 Å². The first-order chi connectivity index (χ1) is 4.81. The summed E-state index contributed by atoms with van der Waals surface area (Å²) in [6.45, 7) is 9.07. The average Bonchev–Trinajstić information content (AvgIpc) is 1.97. The summed E-state index contributed by atoms with van der Waals surface area (Å²) in [5.74, 6) is 0. The minimum absolute atomic E-state index is 1.14. The smallest absolute Gasteiger partial charge is 0.00337 e. The van der Waals surface area contributed by atoms with Crippen LogP contribution in [0.5, 0.6) is 0 Å². The van der Waals surface area contributed by atoms with Gasteiger partial charge in [0.15, 0.2) is 0 Å². The lowest BCUT2D eigenvalue weighted by molar-refractivity contribution is 1.17. The van der Waals surface area contributed by atoms with Gasteiger partial charge < -0.3 is 5.32 Å². The Kier molecular flexibility index (Phi) is 5.16. The van der Waals surface area contributed by atoms with Gasteiger partial charge in [-0.2, -0.15) is 0 Å². The Balaban J connectivity index is 3.80. The molecule has 1 nitrogen and oxygen atoms in total. The number of hydrogen-bond acceptors (Lipinski definition) is 1. The van der Waals surface area contributed by atoms with E-state index in [9.17, 15) is 0 Å². The molecule has 10 heavy (non-hydrogen) atoms. The molecule has 0 fully saturated rings. The van der Waals surface area contributed by atoms with Crippen molar-refractivity contribution in [3.05, 3.63) is 49.4 Å². The van der Waals surface area contributed by atoms with Gasteiger partial charge in [-0.25, -0.2) is 0 Å². The fourth-order valence-corrected chi connectivity index (χ4v) is 0.458. The van der Waals surface area contributed by atoms with Crippen LogP contribution in [0.15, 0.2) is 49.4 Å². The SMILES string of the molecule is C=C/C=C\C(C)=C/NC=C. The van der Waals surface area contributed by atoms with Crippen molar-refractivity contribution < 1.29 is 0 Å². The van der Waals surface area contributed by atoms with Gasteiger partial charge in [-0.3, -0.25) is 0 Å². The lowest BCUT2D eigenvalue weighted by Gasteiger charge is -1.90. The first-order valence-corrected chi connectivity index (χ1v) is 3.14. The van der Waals surface area contributed by atoms with Crippen LogP contribution in [0.4, 0.5) is 0 Å². The van der Waals surface area contributed by atoms with Gasteiger partial charge in [0.25, 0.3) is 0 Å². The molecule has 0 spiro atoms. The predicted molar refractivity (Wildman–Crippen MR) is 46.4 cm³/mol. The normalized spacial score (nSPS) is 11.5. The molecule has 1 heteroatoms. The average molecular weight is 135 g/mol. The zero-order valence-electron chi connectivity index (χ0n) is 6.30. The van der Waals surface area contributed by atoms with E-state index in [0.717, 1.165) is 5.57 Å². The molecule has 0 bridgehead atoms. The molecule has 0 aromatic rings. The molecule has 0 atom stereocenters. The molecule has 0 unspecified atom stereocenters. The molecule has 0 saturated heterocycles. The Labute approximate surface area is 62.5 Å². The maximum Gasteiger partial charge on any atom is 0.00337 e. The van der Waals surface area contributed by atoms with E-state index in [1.807, 2.05) is 25.3 Å². The third-order valence-corrected chi connectivity index (χ3v) is 0.924. The van der Waals surface area contributed by atoms with E-state index in [0.29, 0.717) is 0 Å². The second kappa shape index (κ2) is 5.89. The summed E-state index contributed by atoms with van der Waals surface area (Å²) in [6, 6.07) is 0. The highest BCUT2D eigenvalue weighted by Crippen LogP contribution is 1.91. The lowest BCUT2D eigenvalue weighted by Crippen LogP contribution is -1.90. The quantitative estimate of drug-likeness (QED) is 0.583. The molecule has 1 N–H and O–H groups in total. The third kappa shape index (κ3) is 4.91. The largest absolute Gasteiger partial charge is 0.368 e. The van der Waals surface area contributed by atoms with Crippen molar-refractivity contribution in [2.75, 3.05) is 0 Å².